The van der Waals surface area contributed by atoms with E-state index in [9.17, 15) is 26.4 Å². The molecule has 0 aliphatic carbocycles. The molecule has 2 aromatic carbocycles. The zero-order valence-electron chi connectivity index (χ0n) is 39.2. The Hall–Kier alpha value is -1.95. The summed E-state index contributed by atoms with van der Waals surface area (Å²) >= 11 is 0. The van der Waals surface area contributed by atoms with E-state index in [-0.39, 0.29) is 108 Å². The van der Waals surface area contributed by atoms with Gasteiger partial charge in [-0.1, -0.05) is 94.2 Å². The molecule has 2 aliphatic rings. The van der Waals surface area contributed by atoms with Crippen LogP contribution in [0.25, 0.3) is 0 Å². The van der Waals surface area contributed by atoms with Crippen LogP contribution in [-0.4, -0.2) is 81.8 Å². The van der Waals surface area contributed by atoms with E-state index in [4.69, 9.17) is 4.84 Å². The van der Waals surface area contributed by atoms with E-state index in [0.29, 0.717) is 45.3 Å². The molecular formula is C48H72KN5O7S2. The maximum atomic E-state index is 13.6. The number of carbonyl (C=O) groups is 2. The van der Waals surface area contributed by atoms with E-state index in [1.165, 1.54) is 25.7 Å². The summed E-state index contributed by atoms with van der Waals surface area (Å²) < 4.78 is 52.9. The van der Waals surface area contributed by atoms with Crippen molar-refractivity contribution in [1.29, 1.82) is 0 Å². The van der Waals surface area contributed by atoms with Crippen LogP contribution in [0.1, 0.15) is 167 Å². The number of nitrogens with one attached hydrogen (secondary N) is 1. The second-order valence-electron chi connectivity index (χ2n) is 19.0. The second-order valence-corrected chi connectivity index (χ2v) is 22.0. The third kappa shape index (κ3) is 15.3. The average molecular weight is 934 g/mol. The van der Waals surface area contributed by atoms with E-state index in [1.54, 1.807) is 30.5 Å². The molecule has 15 heteroatoms. The smallest absolute Gasteiger partial charge is 0.420 e. The first kappa shape index (κ1) is 53.7. The van der Waals surface area contributed by atoms with Crippen LogP contribution in [0.5, 0.6) is 0 Å². The number of hydrogen-bond donors (Lipinski definition) is 1. The van der Waals surface area contributed by atoms with Crippen molar-refractivity contribution in [2.24, 2.45) is 0 Å². The molecule has 0 radical (unpaired) electrons. The molecule has 12 nitrogen and oxygen atoms in total. The molecule has 2 amide bonds. The van der Waals surface area contributed by atoms with Crippen molar-refractivity contribution in [3.05, 3.63) is 78.4 Å². The number of amides is 2. The van der Waals surface area contributed by atoms with Gasteiger partial charge in [-0.3, -0.25) is 14.4 Å². The largest absolute Gasteiger partial charge is 1.00 e. The van der Waals surface area contributed by atoms with Crippen molar-refractivity contribution in [1.82, 2.24) is 24.8 Å². The summed E-state index contributed by atoms with van der Waals surface area (Å²) in [6, 6.07) is 13.7. The Morgan fingerprint density at radius 3 is 2.10 bits per heavy atom. The number of hydroxylamine groups is 2. The quantitative estimate of drug-likeness (QED) is 0.0608. The summed E-state index contributed by atoms with van der Waals surface area (Å²) in [5.74, 6) is -1.03. The molecule has 3 heterocycles. The van der Waals surface area contributed by atoms with Gasteiger partial charge in [0, 0.05) is 54.6 Å². The van der Waals surface area contributed by atoms with Gasteiger partial charge in [-0.05, 0) is 125 Å². The van der Waals surface area contributed by atoms with Gasteiger partial charge in [-0.25, -0.2) is 13.4 Å². The molecule has 0 bridgehead atoms. The van der Waals surface area contributed by atoms with Gasteiger partial charge in [0.15, 0.2) is 9.84 Å². The standard InChI is InChI=1S/C48H72N5O7S2.K/c1-8-10-11-12-13-14-28-60-53-47(4,5)32-40(33-48(53,6)7)50-45(54)34-62(58,59)44-23-19-37(20-24-44)36(3)29-39(38-17-21-43(22-18-38)61(56)57)30-42(52-26-15-16-46(52)55)31-41(9-2)51-27-25-49-35-51;/h17-25,27,35-36,39-42H,8-16,26,28-34H2,1-7H3,(H,50,54);/q-1;+1. The predicted molar refractivity (Wildman–Crippen MR) is 244 cm³/mol. The Bertz CT molecular complexity index is 2050. The molecule has 5 rings (SSSR count). The first-order valence-electron chi connectivity index (χ1n) is 23.0. The number of hydrogen-bond acceptors (Lipinski definition) is 10. The molecule has 4 atom stereocenters. The normalized spacial score (nSPS) is 18.8. The van der Waals surface area contributed by atoms with Crippen molar-refractivity contribution < 1.29 is 82.6 Å². The number of rotatable bonds is 24. The summed E-state index contributed by atoms with van der Waals surface area (Å²) in [5, 5.41) is 5.13. The van der Waals surface area contributed by atoms with Gasteiger partial charge in [0.25, 0.3) is 0 Å². The molecule has 63 heavy (non-hydrogen) atoms. The average Bonchev–Trinajstić information content (AvgIpc) is 3.91. The van der Waals surface area contributed by atoms with Crippen LogP contribution >= 0.6 is 0 Å². The predicted octanol–water partition coefficient (Wildman–Crippen LogP) is 6.46. The topological polar surface area (TPSA) is 148 Å². The molecule has 0 saturated carbocycles. The van der Waals surface area contributed by atoms with E-state index in [1.807, 2.05) is 41.7 Å². The van der Waals surface area contributed by atoms with Crippen LogP contribution < -0.4 is 56.7 Å². The molecule has 2 fully saturated rings. The SMILES string of the molecule is CCCCCCCCON1C(C)(C)CC(NC(=O)CS(=O)(=O)c2ccc(C(C)CC(CC(CC(CC)n3ccnc3)N3CCCC3=O)c3ccc([S-](=O)=O)cc3)cc2)CC1(C)C.[K+]. The maximum Gasteiger partial charge on any atom is 1.00 e. The number of likely N-dealkylation sites (tertiary alicyclic amines) is 1. The summed E-state index contributed by atoms with van der Waals surface area (Å²) in [4.78, 5) is 39.6. The van der Waals surface area contributed by atoms with Crippen molar-refractivity contribution in [2.45, 2.75) is 189 Å². The van der Waals surface area contributed by atoms with Gasteiger partial charge in [-0.2, -0.15) is 5.06 Å². The Labute approximate surface area is 422 Å². The van der Waals surface area contributed by atoms with Crippen LogP contribution in [0.3, 0.4) is 0 Å². The molecule has 344 valence electrons. The minimum atomic E-state index is -3.93. The fourth-order valence-corrected chi connectivity index (χ4v) is 11.6. The van der Waals surface area contributed by atoms with Gasteiger partial charge >= 0.3 is 51.4 Å². The number of carbonyl (C=O) groups excluding carboxylic acids is 2. The first-order valence-corrected chi connectivity index (χ1v) is 25.7. The molecule has 2 aliphatic heterocycles. The van der Waals surface area contributed by atoms with Crippen molar-refractivity contribution in [2.75, 3.05) is 18.9 Å². The summed E-state index contributed by atoms with van der Waals surface area (Å²) in [6.45, 7) is 16.3. The number of sulfone groups is 1. The van der Waals surface area contributed by atoms with E-state index in [0.717, 1.165) is 43.2 Å². The first-order chi connectivity index (χ1) is 29.4. The Balaban J connectivity index is 0.00000871. The minimum absolute atomic E-state index is 0. The van der Waals surface area contributed by atoms with Crippen LogP contribution in [0, 0.1) is 0 Å². The molecule has 2 saturated heterocycles. The number of unbranched alkanes of at least 4 members (excludes halogenated alkanes) is 5. The molecule has 1 N–H and O–H groups in total. The second kappa shape index (κ2) is 24.7. The number of piperidine rings is 1. The molecule has 1 aromatic heterocycles. The van der Waals surface area contributed by atoms with Crippen molar-refractivity contribution in [3.63, 3.8) is 0 Å². The van der Waals surface area contributed by atoms with Crippen molar-refractivity contribution >= 4 is 32.4 Å². The monoisotopic (exact) mass is 933 g/mol. The summed E-state index contributed by atoms with van der Waals surface area (Å²) in [6.07, 6.45) is 18.3. The van der Waals surface area contributed by atoms with Gasteiger partial charge in [-0.15, -0.1) is 0 Å². The van der Waals surface area contributed by atoms with E-state index >= 15 is 0 Å². The fraction of sp³-hybridized carbons (Fsp3) is 0.646. The van der Waals surface area contributed by atoms with Crippen molar-refractivity contribution in [3.8, 4) is 0 Å². The summed E-state index contributed by atoms with van der Waals surface area (Å²) in [5.41, 5.74) is 1.21. The van der Waals surface area contributed by atoms with Crippen LogP contribution in [0.2, 0.25) is 0 Å². The van der Waals surface area contributed by atoms with Gasteiger partial charge in [0.2, 0.25) is 11.8 Å². The number of imidazole rings is 1. The molecule has 3 aromatic rings. The number of aromatic nitrogens is 2. The van der Waals surface area contributed by atoms with Crippen LogP contribution in [-0.2, 0) is 43.4 Å². The maximum absolute atomic E-state index is 13.6. The fourth-order valence-electron chi connectivity index (χ4n) is 10.1. The van der Waals surface area contributed by atoms with Gasteiger partial charge in [0.1, 0.15) is 5.75 Å². The van der Waals surface area contributed by atoms with Crippen LogP contribution in [0.4, 0.5) is 0 Å². The van der Waals surface area contributed by atoms with Crippen LogP contribution in [0.15, 0.2) is 77.0 Å². The Kier molecular flexibility index (Phi) is 21.0. The van der Waals surface area contributed by atoms with E-state index in [2.05, 4.69) is 68.4 Å². The zero-order chi connectivity index (χ0) is 45.1. The molecular weight excluding hydrogens is 862 g/mol. The van der Waals surface area contributed by atoms with Gasteiger partial charge < -0.3 is 23.2 Å². The Morgan fingerprint density at radius 2 is 1.52 bits per heavy atom. The summed E-state index contributed by atoms with van der Waals surface area (Å²) in [7, 11) is -6.28. The Morgan fingerprint density at radius 1 is 0.889 bits per heavy atom. The third-order valence-corrected chi connectivity index (χ3v) is 15.3. The zero-order valence-corrected chi connectivity index (χ0v) is 44.0. The third-order valence-electron chi connectivity index (χ3n) is 13.1. The number of benzene rings is 2. The molecule has 0 spiro atoms. The minimum Gasteiger partial charge on any atom is -0.420 e. The van der Waals surface area contributed by atoms with Gasteiger partial charge in [0.05, 0.1) is 17.8 Å². The molecule has 4 unspecified atom stereocenters. The number of nitrogens with zero attached hydrogens (tertiary/aromatic N) is 4. The van der Waals surface area contributed by atoms with E-state index < -0.39 is 32.2 Å².